The van der Waals surface area contributed by atoms with Crippen LogP contribution >= 0.6 is 0 Å². The maximum Gasteiger partial charge on any atom is 0.151 e. The van der Waals surface area contributed by atoms with Gasteiger partial charge >= 0.3 is 0 Å². The van der Waals surface area contributed by atoms with E-state index in [4.69, 9.17) is 5.73 Å². The highest BCUT2D eigenvalue weighted by Gasteiger charge is 2.03. The van der Waals surface area contributed by atoms with Crippen molar-refractivity contribution in [3.05, 3.63) is 30.5 Å². The molecule has 0 bridgehead atoms. The number of hydrogen-bond donors (Lipinski definition) is 2. The summed E-state index contributed by atoms with van der Waals surface area (Å²) in [5.74, 6) is 0.388. The Labute approximate surface area is 64.9 Å². The Balaban J connectivity index is 3.01. The molecule has 1 aromatic heterocycles. The first-order valence-corrected chi connectivity index (χ1v) is 3.20. The molecule has 4 heteroatoms. The van der Waals surface area contributed by atoms with Gasteiger partial charge in [-0.15, -0.1) is 0 Å². The molecule has 0 atom stereocenters. The summed E-state index contributed by atoms with van der Waals surface area (Å²) in [4.78, 5) is 10.7. The molecule has 3 N–H and O–H groups in total. The van der Waals surface area contributed by atoms with E-state index in [0.717, 1.165) is 5.69 Å². The Morgan fingerprint density at radius 2 is 2.64 bits per heavy atom. The molecule has 1 aromatic rings. The smallest absolute Gasteiger partial charge is 0.151 e. The molecule has 0 saturated carbocycles. The molecule has 0 amide bonds. The Bertz CT molecular complexity index is 284. The first-order chi connectivity index (χ1) is 5.25. The minimum atomic E-state index is 0.388. The number of imidazole rings is 1. The molecular weight excluding hydrogens is 140 g/mol. The maximum absolute atomic E-state index is 5.55. The van der Waals surface area contributed by atoms with Crippen LogP contribution in [0.5, 0.6) is 0 Å². The van der Waals surface area contributed by atoms with E-state index in [0.29, 0.717) is 11.5 Å². The van der Waals surface area contributed by atoms with Crippen molar-refractivity contribution in [1.82, 2.24) is 9.97 Å². The fourth-order valence-corrected chi connectivity index (χ4v) is 0.777. The molecule has 0 aliphatic heterocycles. The zero-order valence-electron chi connectivity index (χ0n) is 6.33. The van der Waals surface area contributed by atoms with E-state index in [-0.39, 0.29) is 0 Å². The van der Waals surface area contributed by atoms with E-state index in [1.165, 1.54) is 6.20 Å². The molecule has 0 fully saturated rings. The van der Waals surface area contributed by atoms with Crippen molar-refractivity contribution in [2.75, 3.05) is 0 Å². The number of amidine groups is 1. The molecule has 1 rings (SSSR count). The number of aromatic amines is 1. The lowest BCUT2D eigenvalue weighted by Crippen LogP contribution is -2.14. The average molecular weight is 150 g/mol. The fraction of sp³-hybridized carbons (Fsp3) is 0.143. The third-order valence-corrected chi connectivity index (χ3v) is 1.30. The number of aliphatic imine (C=N–C) groups is 1. The number of nitrogens with two attached hydrogens (primary N) is 1. The monoisotopic (exact) mass is 150 g/mol. The number of nitrogens with one attached hydrogen (secondary N) is 1. The van der Waals surface area contributed by atoms with Gasteiger partial charge in [0.1, 0.15) is 5.69 Å². The summed E-state index contributed by atoms with van der Waals surface area (Å²) in [5, 5.41) is 0. The fourth-order valence-electron chi connectivity index (χ4n) is 0.777. The van der Waals surface area contributed by atoms with Crippen molar-refractivity contribution >= 4 is 5.84 Å². The van der Waals surface area contributed by atoms with E-state index in [9.17, 15) is 0 Å². The van der Waals surface area contributed by atoms with Crippen LogP contribution in [0, 0.1) is 6.92 Å². The third kappa shape index (κ3) is 1.46. The standard InChI is InChI=1S/C7H10N4/c1-3-9-7(8)6-5(2)10-4-11-6/h3-4H,1H2,2H3,(H2,8,9)(H,10,11). The molecule has 0 unspecified atom stereocenters. The summed E-state index contributed by atoms with van der Waals surface area (Å²) in [6, 6.07) is 0. The van der Waals surface area contributed by atoms with Gasteiger partial charge in [0, 0.05) is 11.9 Å². The Kier molecular flexibility index (Phi) is 2.06. The van der Waals surface area contributed by atoms with Crippen molar-refractivity contribution < 1.29 is 0 Å². The summed E-state index contributed by atoms with van der Waals surface area (Å²) in [6.45, 7) is 5.32. The number of aryl methyl sites for hydroxylation is 1. The van der Waals surface area contributed by atoms with Crippen LogP contribution in [0.15, 0.2) is 24.1 Å². The van der Waals surface area contributed by atoms with E-state index in [2.05, 4.69) is 21.5 Å². The van der Waals surface area contributed by atoms with E-state index in [1.807, 2.05) is 6.92 Å². The number of aromatic nitrogens is 2. The average Bonchev–Trinajstić information content (AvgIpc) is 2.36. The Morgan fingerprint density at radius 3 is 3.09 bits per heavy atom. The molecule has 0 spiro atoms. The second-order valence-corrected chi connectivity index (χ2v) is 2.07. The summed E-state index contributed by atoms with van der Waals surface area (Å²) >= 11 is 0. The van der Waals surface area contributed by atoms with Crippen LogP contribution < -0.4 is 5.73 Å². The SMILES string of the molecule is C=C/N=C(/N)c1nc[nH]c1C. The summed E-state index contributed by atoms with van der Waals surface area (Å²) in [6.07, 6.45) is 2.97. The van der Waals surface area contributed by atoms with Crippen molar-refractivity contribution in [1.29, 1.82) is 0 Å². The number of hydrogen-bond acceptors (Lipinski definition) is 2. The van der Waals surface area contributed by atoms with E-state index >= 15 is 0 Å². The molecule has 1 heterocycles. The molecule has 0 aliphatic rings. The van der Waals surface area contributed by atoms with Gasteiger partial charge in [0.2, 0.25) is 0 Å². The van der Waals surface area contributed by atoms with Crippen molar-refractivity contribution in [3.8, 4) is 0 Å². The van der Waals surface area contributed by atoms with Gasteiger partial charge in [-0.25, -0.2) is 9.98 Å². The normalized spacial score (nSPS) is 11.5. The summed E-state index contributed by atoms with van der Waals surface area (Å²) < 4.78 is 0. The molecule has 4 nitrogen and oxygen atoms in total. The zero-order chi connectivity index (χ0) is 8.27. The van der Waals surface area contributed by atoms with Crippen LogP contribution in [-0.4, -0.2) is 15.8 Å². The first kappa shape index (κ1) is 7.53. The second kappa shape index (κ2) is 3.01. The van der Waals surface area contributed by atoms with Gasteiger partial charge in [0.15, 0.2) is 5.84 Å². The Morgan fingerprint density at radius 1 is 1.91 bits per heavy atom. The number of rotatable bonds is 2. The van der Waals surface area contributed by atoms with Gasteiger partial charge < -0.3 is 10.7 Å². The van der Waals surface area contributed by atoms with Gasteiger partial charge in [0.05, 0.1) is 6.33 Å². The van der Waals surface area contributed by atoms with Crippen LogP contribution in [0.3, 0.4) is 0 Å². The molecule has 0 aliphatic carbocycles. The highest BCUT2D eigenvalue weighted by molar-refractivity contribution is 5.96. The van der Waals surface area contributed by atoms with Gasteiger partial charge in [0.25, 0.3) is 0 Å². The van der Waals surface area contributed by atoms with E-state index < -0.39 is 0 Å². The van der Waals surface area contributed by atoms with Crippen molar-refractivity contribution in [2.24, 2.45) is 10.7 Å². The second-order valence-electron chi connectivity index (χ2n) is 2.07. The van der Waals surface area contributed by atoms with Crippen LogP contribution in [-0.2, 0) is 0 Å². The predicted molar refractivity (Wildman–Crippen MR) is 44.2 cm³/mol. The molecule has 58 valence electrons. The highest BCUT2D eigenvalue weighted by atomic mass is 14.9. The Hall–Kier alpha value is -1.58. The van der Waals surface area contributed by atoms with Crippen LogP contribution in [0.2, 0.25) is 0 Å². The highest BCUT2D eigenvalue weighted by Crippen LogP contribution is 1.98. The molecule has 0 aromatic carbocycles. The third-order valence-electron chi connectivity index (χ3n) is 1.30. The number of nitrogens with zero attached hydrogens (tertiary/aromatic N) is 2. The zero-order valence-corrected chi connectivity index (χ0v) is 6.33. The lowest BCUT2D eigenvalue weighted by atomic mass is 10.3. The number of H-pyrrole nitrogens is 1. The lowest BCUT2D eigenvalue weighted by Gasteiger charge is -1.93. The van der Waals surface area contributed by atoms with Crippen LogP contribution in [0.4, 0.5) is 0 Å². The van der Waals surface area contributed by atoms with Crippen LogP contribution in [0.25, 0.3) is 0 Å². The topological polar surface area (TPSA) is 67.1 Å². The largest absolute Gasteiger partial charge is 0.382 e. The minimum Gasteiger partial charge on any atom is -0.382 e. The molecule has 0 radical (unpaired) electrons. The van der Waals surface area contributed by atoms with E-state index in [1.54, 1.807) is 6.33 Å². The maximum atomic E-state index is 5.55. The first-order valence-electron chi connectivity index (χ1n) is 3.20. The van der Waals surface area contributed by atoms with Crippen molar-refractivity contribution in [3.63, 3.8) is 0 Å². The predicted octanol–water partition coefficient (Wildman–Crippen LogP) is 0.567. The molecule has 11 heavy (non-hydrogen) atoms. The van der Waals surface area contributed by atoms with Crippen molar-refractivity contribution in [2.45, 2.75) is 6.92 Å². The quantitative estimate of drug-likeness (QED) is 0.478. The summed E-state index contributed by atoms with van der Waals surface area (Å²) in [5.41, 5.74) is 7.14. The molecule has 0 saturated heterocycles. The molecular formula is C7H10N4. The van der Waals surface area contributed by atoms with Gasteiger partial charge in [-0.3, -0.25) is 0 Å². The lowest BCUT2D eigenvalue weighted by molar-refractivity contribution is 1.25. The van der Waals surface area contributed by atoms with Gasteiger partial charge in [-0.05, 0) is 6.92 Å². The van der Waals surface area contributed by atoms with Gasteiger partial charge in [-0.2, -0.15) is 0 Å². The van der Waals surface area contributed by atoms with Gasteiger partial charge in [-0.1, -0.05) is 6.58 Å². The van der Waals surface area contributed by atoms with Crippen LogP contribution in [0.1, 0.15) is 11.4 Å². The minimum absolute atomic E-state index is 0.388. The summed E-state index contributed by atoms with van der Waals surface area (Å²) in [7, 11) is 0.